The number of amides is 1. The largest absolute Gasteiger partial charge is 0.497 e. The SMILES string of the molecule is COc1ccc(C(NC(=O)C2(c3ccc4c(c3)OCS(=O)(=O)N4)CC2)c2ccc(C)o2)c(Br)c1. The topological polar surface area (TPSA) is 107 Å². The van der Waals surface area contributed by atoms with Gasteiger partial charge in [-0.1, -0.05) is 28.1 Å². The average molecular weight is 547 g/mol. The lowest BCUT2D eigenvalue weighted by Gasteiger charge is -2.25. The molecule has 1 fully saturated rings. The predicted octanol–water partition coefficient (Wildman–Crippen LogP) is 4.39. The number of ether oxygens (including phenoxy) is 2. The third-order valence-corrected chi connectivity index (χ3v) is 7.84. The molecule has 34 heavy (non-hydrogen) atoms. The van der Waals surface area contributed by atoms with E-state index in [2.05, 4.69) is 26.0 Å². The maximum atomic E-state index is 13.7. The number of nitrogens with one attached hydrogen (secondary N) is 2. The molecular formula is C24H23BrN2O6S. The van der Waals surface area contributed by atoms with Crippen LogP contribution in [0, 0.1) is 6.92 Å². The summed E-state index contributed by atoms with van der Waals surface area (Å²) in [4.78, 5) is 13.7. The zero-order valence-electron chi connectivity index (χ0n) is 18.6. The summed E-state index contributed by atoms with van der Waals surface area (Å²) in [5.74, 6) is 1.89. The number of rotatable bonds is 6. The van der Waals surface area contributed by atoms with Crippen LogP contribution in [-0.2, 0) is 20.2 Å². The molecule has 2 aliphatic rings. The molecule has 10 heteroatoms. The predicted molar refractivity (Wildman–Crippen MR) is 130 cm³/mol. The third-order valence-electron chi connectivity index (χ3n) is 6.19. The van der Waals surface area contributed by atoms with E-state index in [-0.39, 0.29) is 5.91 Å². The van der Waals surface area contributed by atoms with Crippen LogP contribution in [0.15, 0.2) is 57.4 Å². The van der Waals surface area contributed by atoms with Gasteiger partial charge in [-0.25, -0.2) is 8.42 Å². The van der Waals surface area contributed by atoms with Crippen LogP contribution in [-0.4, -0.2) is 27.4 Å². The molecule has 1 atom stereocenters. The molecule has 2 heterocycles. The van der Waals surface area contributed by atoms with E-state index in [1.807, 2.05) is 37.3 Å². The molecule has 8 nitrogen and oxygen atoms in total. The Hall–Kier alpha value is -2.98. The highest BCUT2D eigenvalue weighted by Crippen LogP contribution is 2.51. The number of aryl methyl sites for hydroxylation is 1. The van der Waals surface area contributed by atoms with Gasteiger partial charge < -0.3 is 19.2 Å². The van der Waals surface area contributed by atoms with Crippen LogP contribution in [0.4, 0.5) is 5.69 Å². The first kappa shape index (κ1) is 22.8. The number of halogens is 1. The van der Waals surface area contributed by atoms with Gasteiger partial charge in [0, 0.05) is 4.47 Å². The molecule has 1 aliphatic heterocycles. The number of furan rings is 1. The quantitative estimate of drug-likeness (QED) is 0.474. The van der Waals surface area contributed by atoms with Crippen molar-refractivity contribution in [3.05, 3.63) is 75.7 Å². The summed E-state index contributed by atoms with van der Waals surface area (Å²) in [5.41, 5.74) is 1.28. The van der Waals surface area contributed by atoms with Crippen LogP contribution in [0.2, 0.25) is 0 Å². The van der Waals surface area contributed by atoms with E-state index in [4.69, 9.17) is 13.9 Å². The fourth-order valence-corrected chi connectivity index (χ4v) is 5.61. The summed E-state index contributed by atoms with van der Waals surface area (Å²) in [6.07, 6.45) is 1.36. The summed E-state index contributed by atoms with van der Waals surface area (Å²) in [5, 5.41) is 3.18. The van der Waals surface area contributed by atoms with Gasteiger partial charge in [0.25, 0.3) is 10.0 Å². The maximum absolute atomic E-state index is 13.7. The Morgan fingerprint density at radius 1 is 1.18 bits per heavy atom. The molecule has 3 aromatic rings. The van der Waals surface area contributed by atoms with E-state index in [1.54, 1.807) is 25.3 Å². The van der Waals surface area contributed by atoms with Crippen molar-refractivity contribution in [2.24, 2.45) is 0 Å². The number of carbonyl (C=O) groups excluding carboxylic acids is 1. The molecule has 5 rings (SSSR count). The van der Waals surface area contributed by atoms with Gasteiger partial charge in [-0.2, -0.15) is 0 Å². The summed E-state index contributed by atoms with van der Waals surface area (Å²) >= 11 is 3.60. The number of benzene rings is 2. The van der Waals surface area contributed by atoms with Gasteiger partial charge in [0.2, 0.25) is 11.8 Å². The minimum absolute atomic E-state index is 0.134. The van der Waals surface area contributed by atoms with Crippen LogP contribution in [0.25, 0.3) is 0 Å². The van der Waals surface area contributed by atoms with Crippen molar-refractivity contribution < 1.29 is 27.1 Å². The molecule has 0 saturated heterocycles. The zero-order chi connectivity index (χ0) is 24.1. The first-order valence-corrected chi connectivity index (χ1v) is 13.1. The molecule has 178 valence electrons. The second kappa shape index (κ2) is 8.35. The third kappa shape index (κ3) is 4.16. The maximum Gasteiger partial charge on any atom is 0.268 e. The monoisotopic (exact) mass is 546 g/mol. The fraction of sp³-hybridized carbons (Fsp3) is 0.292. The Morgan fingerprint density at radius 2 is 1.97 bits per heavy atom. The van der Waals surface area contributed by atoms with Gasteiger partial charge >= 0.3 is 0 Å². The number of sulfonamides is 1. The Balaban J connectivity index is 1.46. The molecule has 1 aromatic heterocycles. The number of anilines is 1. The Labute approximate surface area is 205 Å². The van der Waals surface area contributed by atoms with Crippen LogP contribution in [0.3, 0.4) is 0 Å². The van der Waals surface area contributed by atoms with Gasteiger partial charge in [0.15, 0.2) is 0 Å². The van der Waals surface area contributed by atoms with E-state index in [0.717, 1.165) is 21.4 Å². The smallest absolute Gasteiger partial charge is 0.268 e. The normalized spacial score (nSPS) is 18.1. The molecule has 0 spiro atoms. The Kier molecular flexibility index (Phi) is 5.60. The van der Waals surface area contributed by atoms with E-state index < -0.39 is 27.4 Å². The number of hydrogen-bond acceptors (Lipinski definition) is 6. The van der Waals surface area contributed by atoms with E-state index in [1.165, 1.54) is 0 Å². The molecule has 1 amide bonds. The molecule has 1 unspecified atom stereocenters. The lowest BCUT2D eigenvalue weighted by Crippen LogP contribution is -2.38. The van der Waals surface area contributed by atoms with Crippen LogP contribution >= 0.6 is 15.9 Å². The minimum Gasteiger partial charge on any atom is -0.497 e. The zero-order valence-corrected chi connectivity index (χ0v) is 21.0. The van der Waals surface area contributed by atoms with Crippen molar-refractivity contribution >= 4 is 37.5 Å². The van der Waals surface area contributed by atoms with E-state index >= 15 is 0 Å². The number of fused-ring (bicyclic) bond motifs is 1. The summed E-state index contributed by atoms with van der Waals surface area (Å²) in [6, 6.07) is 13.9. The average Bonchev–Trinajstić information content (AvgIpc) is 3.51. The molecule has 0 radical (unpaired) electrons. The van der Waals surface area contributed by atoms with Gasteiger partial charge in [-0.15, -0.1) is 0 Å². The lowest BCUT2D eigenvalue weighted by atomic mass is 9.93. The van der Waals surface area contributed by atoms with Crippen LogP contribution in [0.1, 0.15) is 41.5 Å². The van der Waals surface area contributed by atoms with Crippen molar-refractivity contribution in [2.45, 2.75) is 31.2 Å². The van der Waals surface area contributed by atoms with Crippen molar-refractivity contribution in [1.82, 2.24) is 5.32 Å². The first-order chi connectivity index (χ1) is 16.2. The summed E-state index contributed by atoms with van der Waals surface area (Å²) in [7, 11) is -1.91. The molecule has 0 bridgehead atoms. The molecule has 2 aromatic carbocycles. The lowest BCUT2D eigenvalue weighted by molar-refractivity contribution is -0.124. The van der Waals surface area contributed by atoms with Gasteiger partial charge in [-0.3, -0.25) is 9.52 Å². The molecular weight excluding hydrogens is 524 g/mol. The van der Waals surface area contributed by atoms with Gasteiger partial charge in [0.1, 0.15) is 29.1 Å². The van der Waals surface area contributed by atoms with E-state index in [0.29, 0.717) is 35.8 Å². The number of methoxy groups -OCH3 is 1. The van der Waals surface area contributed by atoms with Crippen LogP contribution < -0.4 is 19.5 Å². The number of carbonyl (C=O) groups is 1. The van der Waals surface area contributed by atoms with E-state index in [9.17, 15) is 13.2 Å². The highest BCUT2D eigenvalue weighted by Gasteiger charge is 2.52. The molecule has 1 saturated carbocycles. The van der Waals surface area contributed by atoms with Crippen molar-refractivity contribution in [3.63, 3.8) is 0 Å². The van der Waals surface area contributed by atoms with Gasteiger partial charge in [-0.05, 0) is 67.3 Å². The minimum atomic E-state index is -3.50. The second-order valence-electron chi connectivity index (χ2n) is 8.51. The van der Waals surface area contributed by atoms with Crippen LogP contribution in [0.5, 0.6) is 11.5 Å². The first-order valence-electron chi connectivity index (χ1n) is 10.7. The summed E-state index contributed by atoms with van der Waals surface area (Å²) in [6.45, 7) is 1.86. The standard InChI is InChI=1S/C24H23BrN2O6S/c1-14-3-8-20(33-14)22(17-6-5-16(31-2)12-18(17)25)26-23(28)24(9-10-24)15-4-7-19-21(11-15)32-13-34(29,30)27-19/h3-8,11-12,22,27H,9-10,13H2,1-2H3,(H,26,28). The van der Waals surface area contributed by atoms with Crippen molar-refractivity contribution in [1.29, 1.82) is 0 Å². The molecule has 1 aliphatic carbocycles. The highest BCUT2D eigenvalue weighted by atomic mass is 79.9. The van der Waals surface area contributed by atoms with Gasteiger partial charge in [0.05, 0.1) is 18.2 Å². The molecule has 2 N–H and O–H groups in total. The highest BCUT2D eigenvalue weighted by molar-refractivity contribution is 9.10. The Morgan fingerprint density at radius 3 is 2.62 bits per heavy atom. The fourth-order valence-electron chi connectivity index (χ4n) is 4.18. The second-order valence-corrected chi connectivity index (χ2v) is 11.0. The summed E-state index contributed by atoms with van der Waals surface area (Å²) < 4.78 is 43.4. The number of hydrogen-bond donors (Lipinski definition) is 2. The Bertz CT molecular complexity index is 1380. The van der Waals surface area contributed by atoms with Crippen molar-refractivity contribution in [3.8, 4) is 11.5 Å². The van der Waals surface area contributed by atoms with Crippen molar-refractivity contribution in [2.75, 3.05) is 17.8 Å².